The van der Waals surface area contributed by atoms with Crippen LogP contribution >= 0.6 is 0 Å². The van der Waals surface area contributed by atoms with E-state index >= 15 is 0 Å². The van der Waals surface area contributed by atoms with Crippen LogP contribution in [0.1, 0.15) is 212 Å². The summed E-state index contributed by atoms with van der Waals surface area (Å²) in [5, 5.41) is 0. The Balaban J connectivity index is 0.000000191. The predicted molar refractivity (Wildman–Crippen MR) is 310 cm³/mol. The van der Waals surface area contributed by atoms with Crippen molar-refractivity contribution in [2.24, 2.45) is 17.8 Å². The molecule has 0 aromatic heterocycles. The number of aryl methyl sites for hydroxylation is 4. The fourth-order valence-corrected chi connectivity index (χ4v) is 13.9. The smallest absolute Gasteiger partial charge is 0.410 e. The summed E-state index contributed by atoms with van der Waals surface area (Å²) in [6, 6.07) is 12.5. The number of carbonyl (C=O) groups excluding carboxylic acids is 6. The molecule has 79 heavy (non-hydrogen) atoms. The number of likely N-dealkylation sites (tertiary alicyclic amines) is 4. The van der Waals surface area contributed by atoms with Crippen molar-refractivity contribution in [1.29, 1.82) is 0 Å². The van der Waals surface area contributed by atoms with E-state index in [4.69, 9.17) is 14.2 Å². The molecule has 2 aromatic carbocycles. The third-order valence-electron chi connectivity index (χ3n) is 18.7. The van der Waals surface area contributed by atoms with Crippen LogP contribution in [0.25, 0.3) is 0 Å². The number of hydrogen-bond donors (Lipinski definition) is 0. The summed E-state index contributed by atoms with van der Waals surface area (Å²) in [4.78, 5) is 84.4. The number of nitrogens with zero attached hydrogens (tertiary/aromatic N) is 5. The summed E-state index contributed by atoms with van der Waals surface area (Å²) in [6.45, 7) is 25.8. The molecule has 0 radical (unpaired) electrons. The van der Waals surface area contributed by atoms with Gasteiger partial charge in [0.25, 0.3) is 11.8 Å². The molecule has 438 valence electrons. The fourth-order valence-electron chi connectivity index (χ4n) is 13.9. The molecule has 6 aliphatic heterocycles. The van der Waals surface area contributed by atoms with Gasteiger partial charge in [0.2, 0.25) is 0 Å². The third-order valence-corrected chi connectivity index (χ3v) is 18.7. The highest BCUT2D eigenvalue weighted by molar-refractivity contribution is 5.98. The van der Waals surface area contributed by atoms with Crippen LogP contribution in [0, 0.1) is 45.4 Å². The van der Waals surface area contributed by atoms with Crippen molar-refractivity contribution in [2.75, 3.05) is 65.4 Å². The van der Waals surface area contributed by atoms with Crippen molar-refractivity contribution in [1.82, 2.24) is 24.5 Å². The van der Waals surface area contributed by atoms with Gasteiger partial charge in [-0.2, -0.15) is 0 Å². The Kier molecular flexibility index (Phi) is 22.0. The number of piperidine rings is 4. The lowest BCUT2D eigenvalue weighted by Gasteiger charge is -2.52. The van der Waals surface area contributed by atoms with Crippen LogP contribution in [0.5, 0.6) is 0 Å². The van der Waals surface area contributed by atoms with Gasteiger partial charge in [0.05, 0.1) is 0 Å². The Hall–Kier alpha value is -4.98. The van der Waals surface area contributed by atoms with Crippen LogP contribution in [0.15, 0.2) is 36.4 Å². The number of rotatable bonds is 11. The van der Waals surface area contributed by atoms with Gasteiger partial charge in [-0.15, -0.1) is 0 Å². The molecule has 14 heteroatoms. The van der Waals surface area contributed by atoms with Crippen LogP contribution in [-0.4, -0.2) is 149 Å². The second-order valence-electron chi connectivity index (χ2n) is 25.5. The molecule has 2 aromatic rings. The number of ether oxygens (including phenoxy) is 3. The molecule has 1 aliphatic carbocycles. The lowest BCUT2D eigenvalue weighted by Crippen LogP contribution is -2.61. The van der Waals surface area contributed by atoms with Gasteiger partial charge in [-0.1, -0.05) is 95.2 Å². The second-order valence-corrected chi connectivity index (χ2v) is 25.5. The minimum absolute atomic E-state index is 0.0555. The zero-order valence-electron chi connectivity index (χ0n) is 50.1. The zero-order valence-corrected chi connectivity index (χ0v) is 50.1. The van der Waals surface area contributed by atoms with E-state index in [9.17, 15) is 28.8 Å². The predicted octanol–water partition coefficient (Wildman–Crippen LogP) is 12.6. The lowest BCUT2D eigenvalue weighted by molar-refractivity contribution is -0.184. The summed E-state index contributed by atoms with van der Waals surface area (Å²) in [7, 11) is 0. The summed E-state index contributed by atoms with van der Waals surface area (Å²) in [6.07, 6.45) is 21.0. The standard InChI is InChI=1S/C33H51N3O3.C18H31NO4.C14H17NO2/c1-4-5-14-28-24-36(23-27-12-7-6-8-13-27)32(38)39-33(28)17-21-34(22-18-33)29-15-19-35(20-16-29)31(37)30-25(2)10-9-11-26(30)3;1-5-6-7-14-8-9-15(20)22-18(14)10-12-19(13-11-18)16(21)23-17(2,3)4;1-10-4-3-5-11(2)13(10)14(17)15-8-6-12(16)7-9-15/h9-11,27-29H,4-8,12-24H2,1-3H3;14H,5-13H2,1-4H3;3-5H,6-9H2,1-2H3. The highest BCUT2D eigenvalue weighted by Gasteiger charge is 2.51. The van der Waals surface area contributed by atoms with Crippen molar-refractivity contribution in [3.63, 3.8) is 0 Å². The molecule has 7 fully saturated rings. The van der Waals surface area contributed by atoms with E-state index in [0.717, 1.165) is 137 Å². The molecule has 0 N–H and O–H groups in total. The molecule has 2 atom stereocenters. The van der Waals surface area contributed by atoms with Crippen molar-refractivity contribution in [2.45, 2.75) is 220 Å². The lowest BCUT2D eigenvalue weighted by atomic mass is 9.73. The van der Waals surface area contributed by atoms with E-state index < -0.39 is 5.60 Å². The molecule has 14 nitrogen and oxygen atoms in total. The van der Waals surface area contributed by atoms with Gasteiger partial charge in [0, 0.05) is 133 Å². The van der Waals surface area contributed by atoms with Crippen LogP contribution in [0.2, 0.25) is 0 Å². The maximum atomic E-state index is 13.3. The van der Waals surface area contributed by atoms with Crippen LogP contribution in [-0.2, 0) is 23.8 Å². The monoisotopic (exact) mass is 1090 g/mol. The fraction of sp³-hybridized carbons (Fsp3) is 0.723. The van der Waals surface area contributed by atoms with Gasteiger partial charge >= 0.3 is 18.2 Å². The molecular formula is C65H99N5O9. The van der Waals surface area contributed by atoms with Crippen molar-refractivity contribution in [3.8, 4) is 0 Å². The van der Waals surface area contributed by atoms with E-state index in [0.29, 0.717) is 69.2 Å². The van der Waals surface area contributed by atoms with Gasteiger partial charge in [0.15, 0.2) is 0 Å². The molecule has 6 heterocycles. The number of hydrogen-bond acceptors (Lipinski definition) is 10. The Bertz CT molecular complexity index is 2330. The highest BCUT2D eigenvalue weighted by atomic mass is 16.6. The van der Waals surface area contributed by atoms with Gasteiger partial charge in [-0.05, 0) is 128 Å². The number of benzene rings is 2. The number of amides is 4. The first-order chi connectivity index (χ1) is 37.7. The van der Waals surface area contributed by atoms with Crippen LogP contribution in [0.3, 0.4) is 0 Å². The molecule has 1 saturated carbocycles. The van der Waals surface area contributed by atoms with Crippen LogP contribution in [0.4, 0.5) is 9.59 Å². The quantitative estimate of drug-likeness (QED) is 0.157. The molecule has 0 bridgehead atoms. The Morgan fingerprint density at radius 3 is 1.61 bits per heavy atom. The Labute approximate surface area is 474 Å². The van der Waals surface area contributed by atoms with Gasteiger partial charge in [-0.3, -0.25) is 24.1 Å². The summed E-state index contributed by atoms with van der Waals surface area (Å²) in [5.41, 5.74) is 4.70. The van der Waals surface area contributed by atoms with Crippen molar-refractivity contribution in [3.05, 3.63) is 69.8 Å². The second kappa shape index (κ2) is 28.1. The summed E-state index contributed by atoms with van der Waals surface area (Å²) < 4.78 is 17.7. The number of unbranched alkanes of at least 4 members (excludes halogenated alkanes) is 2. The average Bonchev–Trinajstić information content (AvgIpc) is 3.46. The summed E-state index contributed by atoms with van der Waals surface area (Å²) in [5.74, 6) is 1.96. The van der Waals surface area contributed by atoms with Gasteiger partial charge < -0.3 is 33.8 Å². The maximum Gasteiger partial charge on any atom is 0.410 e. The first-order valence-corrected chi connectivity index (χ1v) is 30.9. The molecule has 9 rings (SSSR count). The zero-order chi connectivity index (χ0) is 56.9. The van der Waals surface area contributed by atoms with Gasteiger partial charge in [-0.25, -0.2) is 9.59 Å². The van der Waals surface area contributed by atoms with Crippen molar-refractivity contribution < 1.29 is 43.0 Å². The molecular weight excluding hydrogens is 995 g/mol. The van der Waals surface area contributed by atoms with E-state index in [1.165, 1.54) is 51.4 Å². The number of esters is 1. The first-order valence-electron chi connectivity index (χ1n) is 30.9. The van der Waals surface area contributed by atoms with E-state index in [2.05, 4.69) is 28.5 Å². The number of carbonyl (C=O) groups is 6. The number of ketones is 1. The normalized spacial score (nSPS) is 23.0. The van der Waals surface area contributed by atoms with E-state index in [1.807, 2.05) is 84.9 Å². The maximum absolute atomic E-state index is 13.3. The largest absolute Gasteiger partial charge is 0.459 e. The minimum atomic E-state index is -0.479. The molecule has 7 aliphatic rings. The van der Waals surface area contributed by atoms with E-state index in [-0.39, 0.29) is 47.0 Å². The average molecular weight is 1090 g/mol. The SMILES string of the molecule is CCCCC1CCC(=O)OC12CCN(C(=O)OC(C)(C)C)CC2.CCCCC1CN(CC2CCCCC2)C(=O)OC12CCN(C1CCN(C(=O)c3c(C)cccc3C)CC1)CC2.Cc1cccc(C)c1C(=O)N1CCC(=O)CC1. The van der Waals surface area contributed by atoms with Crippen molar-refractivity contribution >= 4 is 35.8 Å². The molecule has 6 saturated heterocycles. The molecule has 2 unspecified atom stereocenters. The number of Topliss-reactive ketones (excluding diaryl/α,β-unsaturated/α-hetero) is 1. The molecule has 4 amide bonds. The van der Waals surface area contributed by atoms with Gasteiger partial charge in [0.1, 0.15) is 22.6 Å². The highest BCUT2D eigenvalue weighted by Crippen LogP contribution is 2.44. The first kappa shape index (κ1) is 61.6. The molecule has 2 spiro atoms. The van der Waals surface area contributed by atoms with Crippen LogP contribution < -0.4 is 0 Å². The minimum Gasteiger partial charge on any atom is -0.459 e. The van der Waals surface area contributed by atoms with E-state index in [1.54, 1.807) is 9.80 Å². The Morgan fingerprint density at radius 2 is 1.09 bits per heavy atom. The topological polar surface area (TPSA) is 146 Å². The third kappa shape index (κ3) is 16.1. The summed E-state index contributed by atoms with van der Waals surface area (Å²) >= 11 is 0. The Morgan fingerprint density at radius 1 is 0.595 bits per heavy atom.